The number of carbonyl (C=O) groups is 1. The number of fused-ring (bicyclic) bond motifs is 1. The molecular formula is C17H19N3O2S. The predicted octanol–water partition coefficient (Wildman–Crippen LogP) is 2.58. The molecule has 0 saturated carbocycles. The van der Waals surface area contributed by atoms with Crippen molar-refractivity contribution >= 4 is 27.3 Å². The van der Waals surface area contributed by atoms with E-state index in [1.165, 1.54) is 11.3 Å². The van der Waals surface area contributed by atoms with Crippen LogP contribution in [0.15, 0.2) is 36.7 Å². The number of amides is 1. The van der Waals surface area contributed by atoms with Crippen LogP contribution in [0.1, 0.15) is 27.7 Å². The van der Waals surface area contributed by atoms with E-state index in [0.717, 1.165) is 15.6 Å². The van der Waals surface area contributed by atoms with Crippen LogP contribution in [0.5, 0.6) is 0 Å². The van der Waals surface area contributed by atoms with Crippen LogP contribution in [0, 0.1) is 6.92 Å². The fraction of sp³-hybridized carbons (Fsp3) is 0.294. The topological polar surface area (TPSA) is 67.2 Å². The fourth-order valence-corrected chi connectivity index (χ4v) is 3.65. The second-order valence-electron chi connectivity index (χ2n) is 5.91. The molecule has 0 bridgehead atoms. The van der Waals surface area contributed by atoms with Crippen LogP contribution in [0.25, 0.3) is 10.1 Å². The zero-order chi connectivity index (χ0) is 16.6. The third-order valence-electron chi connectivity index (χ3n) is 3.97. The molecule has 0 radical (unpaired) electrons. The quantitative estimate of drug-likeness (QED) is 0.773. The molecule has 1 atom stereocenters. The van der Waals surface area contributed by atoms with Gasteiger partial charge in [-0.15, -0.1) is 11.3 Å². The predicted molar refractivity (Wildman–Crippen MR) is 91.7 cm³/mol. The molecule has 0 aliphatic carbocycles. The Hall–Kier alpha value is -2.18. The summed E-state index contributed by atoms with van der Waals surface area (Å²) in [4.78, 5) is 13.2. The number of nitrogens with zero attached hydrogens (tertiary/aromatic N) is 2. The summed E-state index contributed by atoms with van der Waals surface area (Å²) in [6.07, 6.45) is 3.35. The molecule has 0 aliphatic heterocycles. The largest absolute Gasteiger partial charge is 0.383 e. The van der Waals surface area contributed by atoms with E-state index in [-0.39, 0.29) is 12.5 Å². The summed E-state index contributed by atoms with van der Waals surface area (Å²) < 4.78 is 2.72. The number of benzene rings is 1. The van der Waals surface area contributed by atoms with Gasteiger partial charge in [0.15, 0.2) is 0 Å². The lowest BCUT2D eigenvalue weighted by atomic mass is 10.00. The van der Waals surface area contributed by atoms with E-state index in [4.69, 9.17) is 0 Å². The molecule has 1 amide bonds. The summed E-state index contributed by atoms with van der Waals surface area (Å²) in [5, 5.41) is 18.5. The molecule has 0 fully saturated rings. The van der Waals surface area contributed by atoms with E-state index in [9.17, 15) is 9.90 Å². The van der Waals surface area contributed by atoms with Crippen molar-refractivity contribution in [2.24, 2.45) is 7.05 Å². The van der Waals surface area contributed by atoms with Crippen molar-refractivity contribution in [1.82, 2.24) is 15.1 Å². The molecule has 1 unspecified atom stereocenters. The number of aliphatic hydroxyl groups is 1. The minimum absolute atomic E-state index is 0.130. The van der Waals surface area contributed by atoms with E-state index < -0.39 is 5.60 Å². The van der Waals surface area contributed by atoms with Gasteiger partial charge in [-0.05, 0) is 30.9 Å². The third-order valence-corrected chi connectivity index (χ3v) is 5.24. The molecule has 6 heteroatoms. The van der Waals surface area contributed by atoms with Gasteiger partial charge >= 0.3 is 0 Å². The van der Waals surface area contributed by atoms with Crippen molar-refractivity contribution in [2.45, 2.75) is 19.4 Å². The van der Waals surface area contributed by atoms with E-state index in [0.29, 0.717) is 10.4 Å². The highest BCUT2D eigenvalue weighted by molar-refractivity contribution is 7.21. The van der Waals surface area contributed by atoms with Gasteiger partial charge in [-0.3, -0.25) is 9.48 Å². The van der Waals surface area contributed by atoms with Crippen LogP contribution < -0.4 is 5.32 Å². The Morgan fingerprint density at radius 3 is 2.83 bits per heavy atom. The van der Waals surface area contributed by atoms with Crippen LogP contribution in [-0.2, 0) is 12.6 Å². The van der Waals surface area contributed by atoms with Crippen molar-refractivity contribution in [3.8, 4) is 0 Å². The summed E-state index contributed by atoms with van der Waals surface area (Å²) in [6, 6.07) is 7.96. The standard InChI is InChI=1S/C17H19N3O2S/c1-11-13-6-4-5-7-14(13)23-15(11)16(21)18-10-17(2,22)12-8-19-20(3)9-12/h4-9,22H,10H2,1-3H3,(H,18,21). The average Bonchev–Trinajstić information content (AvgIpc) is 3.10. The highest BCUT2D eigenvalue weighted by Crippen LogP contribution is 2.30. The van der Waals surface area contributed by atoms with Gasteiger partial charge in [-0.1, -0.05) is 18.2 Å². The summed E-state index contributed by atoms with van der Waals surface area (Å²) in [6.45, 7) is 3.75. The highest BCUT2D eigenvalue weighted by Gasteiger charge is 2.26. The zero-order valence-electron chi connectivity index (χ0n) is 13.3. The number of aryl methyl sites for hydroxylation is 2. The molecule has 5 nitrogen and oxygen atoms in total. The molecule has 2 N–H and O–H groups in total. The Kier molecular flexibility index (Phi) is 3.95. The lowest BCUT2D eigenvalue weighted by Gasteiger charge is -2.22. The normalized spacial score (nSPS) is 13.9. The summed E-state index contributed by atoms with van der Waals surface area (Å²) in [5.41, 5.74) is 0.492. The maximum atomic E-state index is 12.5. The van der Waals surface area contributed by atoms with Gasteiger partial charge in [-0.25, -0.2) is 0 Å². The van der Waals surface area contributed by atoms with Gasteiger partial charge in [-0.2, -0.15) is 5.10 Å². The molecule has 0 aliphatic rings. The first-order chi connectivity index (χ1) is 10.9. The second kappa shape index (κ2) is 5.79. The minimum atomic E-state index is -1.16. The van der Waals surface area contributed by atoms with Crippen molar-refractivity contribution < 1.29 is 9.90 Å². The van der Waals surface area contributed by atoms with Gasteiger partial charge in [0.05, 0.1) is 17.6 Å². The Bertz CT molecular complexity index is 864. The number of carbonyl (C=O) groups excluding carboxylic acids is 1. The fourth-order valence-electron chi connectivity index (χ4n) is 2.52. The first-order valence-corrected chi connectivity index (χ1v) is 8.18. The Morgan fingerprint density at radius 2 is 2.17 bits per heavy atom. The molecule has 2 aromatic heterocycles. The van der Waals surface area contributed by atoms with Crippen LogP contribution in [0.2, 0.25) is 0 Å². The Labute approximate surface area is 138 Å². The molecule has 3 aromatic rings. The number of thiophene rings is 1. The van der Waals surface area contributed by atoms with Crippen LogP contribution in [0.3, 0.4) is 0 Å². The van der Waals surface area contributed by atoms with Crippen molar-refractivity contribution in [2.75, 3.05) is 6.54 Å². The van der Waals surface area contributed by atoms with Crippen LogP contribution in [0.4, 0.5) is 0 Å². The van der Waals surface area contributed by atoms with Crippen LogP contribution >= 0.6 is 11.3 Å². The molecule has 3 rings (SSSR count). The smallest absolute Gasteiger partial charge is 0.261 e. The van der Waals surface area contributed by atoms with Gasteiger partial charge in [0.2, 0.25) is 0 Å². The lowest BCUT2D eigenvalue weighted by molar-refractivity contribution is 0.0527. The molecule has 0 spiro atoms. The van der Waals surface area contributed by atoms with Crippen molar-refractivity contribution in [3.05, 3.63) is 52.7 Å². The maximum Gasteiger partial charge on any atom is 0.261 e. The Morgan fingerprint density at radius 1 is 1.43 bits per heavy atom. The second-order valence-corrected chi connectivity index (χ2v) is 6.96. The number of nitrogens with one attached hydrogen (secondary N) is 1. The maximum absolute atomic E-state index is 12.5. The van der Waals surface area contributed by atoms with Crippen LogP contribution in [-0.4, -0.2) is 27.3 Å². The number of rotatable bonds is 4. The highest BCUT2D eigenvalue weighted by atomic mass is 32.1. The molecular weight excluding hydrogens is 310 g/mol. The first-order valence-electron chi connectivity index (χ1n) is 7.36. The summed E-state index contributed by atoms with van der Waals surface area (Å²) in [7, 11) is 1.79. The van der Waals surface area contributed by atoms with Crippen molar-refractivity contribution in [3.63, 3.8) is 0 Å². The van der Waals surface area contributed by atoms with Gasteiger partial charge in [0.25, 0.3) is 5.91 Å². The molecule has 2 heterocycles. The lowest BCUT2D eigenvalue weighted by Crippen LogP contribution is -2.38. The number of aromatic nitrogens is 2. The zero-order valence-corrected chi connectivity index (χ0v) is 14.1. The van der Waals surface area contributed by atoms with Gasteiger partial charge in [0.1, 0.15) is 5.60 Å². The summed E-state index contributed by atoms with van der Waals surface area (Å²) in [5.74, 6) is -0.159. The molecule has 0 saturated heterocycles. The summed E-state index contributed by atoms with van der Waals surface area (Å²) >= 11 is 1.47. The van der Waals surface area contributed by atoms with E-state index in [2.05, 4.69) is 10.4 Å². The minimum Gasteiger partial charge on any atom is -0.383 e. The molecule has 1 aromatic carbocycles. The van der Waals surface area contributed by atoms with E-state index in [1.807, 2.05) is 31.2 Å². The van der Waals surface area contributed by atoms with Crippen molar-refractivity contribution in [1.29, 1.82) is 0 Å². The Balaban J connectivity index is 1.77. The monoisotopic (exact) mass is 329 g/mol. The molecule has 23 heavy (non-hydrogen) atoms. The third kappa shape index (κ3) is 3.00. The average molecular weight is 329 g/mol. The SMILES string of the molecule is Cc1c(C(=O)NCC(C)(O)c2cnn(C)c2)sc2ccccc12. The first kappa shape index (κ1) is 15.7. The van der Waals surface area contributed by atoms with Gasteiger partial charge in [0, 0.05) is 23.5 Å². The molecule has 120 valence electrons. The number of hydrogen-bond acceptors (Lipinski definition) is 4. The van der Waals surface area contributed by atoms with Gasteiger partial charge < -0.3 is 10.4 Å². The number of hydrogen-bond donors (Lipinski definition) is 2. The van der Waals surface area contributed by atoms with E-state index in [1.54, 1.807) is 31.0 Å². The van der Waals surface area contributed by atoms with E-state index >= 15 is 0 Å².